The number of para-hydroxylation sites is 1. The van der Waals surface area contributed by atoms with Gasteiger partial charge in [0.05, 0.1) is 16.8 Å². The van der Waals surface area contributed by atoms with Gasteiger partial charge in [0.2, 0.25) is 21.9 Å². The number of benzene rings is 2. The number of nitrogens with one attached hydrogen (secondary N) is 2. The maximum absolute atomic E-state index is 13.0. The Morgan fingerprint density at radius 2 is 1.51 bits per heavy atom. The number of aromatic nitrogens is 2. The molecule has 1 atom stereocenters. The second kappa shape index (κ2) is 10.4. The van der Waals surface area contributed by atoms with Crippen LogP contribution in [0.2, 0.25) is 0 Å². The van der Waals surface area contributed by atoms with Crippen molar-refractivity contribution in [1.82, 2.24) is 9.97 Å². The fourth-order valence-electron chi connectivity index (χ4n) is 3.53. The predicted octanol–water partition coefficient (Wildman–Crippen LogP) is 3.08. The molecule has 0 bridgehead atoms. The van der Waals surface area contributed by atoms with Crippen molar-refractivity contribution in [3.63, 3.8) is 0 Å². The lowest BCUT2D eigenvalue weighted by atomic mass is 10.2. The van der Waals surface area contributed by atoms with E-state index in [1.165, 1.54) is 24.3 Å². The van der Waals surface area contributed by atoms with E-state index in [-0.39, 0.29) is 17.3 Å². The van der Waals surface area contributed by atoms with E-state index in [4.69, 9.17) is 0 Å². The van der Waals surface area contributed by atoms with E-state index in [1.54, 1.807) is 57.2 Å². The smallest absolute Gasteiger partial charge is 0.264 e. The quantitative estimate of drug-likeness (QED) is 0.445. The van der Waals surface area contributed by atoms with E-state index in [0.29, 0.717) is 22.8 Å². The molecule has 1 aromatic heterocycles. The lowest BCUT2D eigenvalue weighted by molar-refractivity contribution is -0.117. The molecule has 2 N–H and O–H groups in total. The third kappa shape index (κ3) is 6.55. The van der Waals surface area contributed by atoms with Crippen LogP contribution in [0.25, 0.3) is 0 Å². The van der Waals surface area contributed by atoms with Crippen LogP contribution >= 0.6 is 0 Å². The minimum Gasteiger partial charge on any atom is -0.324 e. The van der Waals surface area contributed by atoms with Crippen molar-refractivity contribution >= 4 is 43.3 Å². The third-order valence-corrected chi connectivity index (χ3v) is 7.50. The van der Waals surface area contributed by atoms with E-state index in [1.807, 2.05) is 0 Å². The molecule has 0 aliphatic heterocycles. The highest BCUT2D eigenvalue weighted by Gasteiger charge is 2.31. The maximum atomic E-state index is 13.0. The molecular formula is C23H27N5O5S2. The molecule has 0 radical (unpaired) electrons. The largest absolute Gasteiger partial charge is 0.324 e. The van der Waals surface area contributed by atoms with Crippen LogP contribution in [0.5, 0.6) is 0 Å². The van der Waals surface area contributed by atoms with Gasteiger partial charge in [-0.05, 0) is 62.7 Å². The number of carbonyl (C=O) groups is 1. The molecule has 186 valence electrons. The first-order chi connectivity index (χ1) is 16.4. The Bertz CT molecular complexity index is 1390. The van der Waals surface area contributed by atoms with Crippen molar-refractivity contribution in [3.05, 3.63) is 72.1 Å². The van der Waals surface area contributed by atoms with Gasteiger partial charge >= 0.3 is 0 Å². The Hall–Kier alpha value is -3.51. The predicted molar refractivity (Wildman–Crippen MR) is 135 cm³/mol. The van der Waals surface area contributed by atoms with Gasteiger partial charge in [0, 0.05) is 17.1 Å². The molecule has 1 amide bonds. The van der Waals surface area contributed by atoms with Crippen LogP contribution in [0.1, 0.15) is 24.7 Å². The zero-order chi connectivity index (χ0) is 25.8. The highest BCUT2D eigenvalue weighted by molar-refractivity contribution is 7.92. The number of nitrogens with zero attached hydrogens (tertiary/aromatic N) is 3. The fraction of sp³-hybridized carbons (Fsp3) is 0.261. The molecular weight excluding hydrogens is 490 g/mol. The molecule has 10 nitrogen and oxygen atoms in total. The molecule has 3 rings (SSSR count). The topological polar surface area (TPSA) is 138 Å². The number of rotatable bonds is 9. The SMILES string of the molecule is CC[C@@H](C(=O)Nc1ccc(S(=O)(=O)Nc2nc(C)cc(C)n2)cc1)N(c1ccccc1)S(C)(=O)=O. The molecule has 3 aromatic rings. The van der Waals surface area contributed by atoms with Gasteiger partial charge in [-0.3, -0.25) is 9.10 Å². The molecule has 0 aliphatic carbocycles. The zero-order valence-electron chi connectivity index (χ0n) is 19.8. The van der Waals surface area contributed by atoms with E-state index in [9.17, 15) is 21.6 Å². The molecule has 0 saturated heterocycles. The number of hydrogen-bond acceptors (Lipinski definition) is 7. The van der Waals surface area contributed by atoms with E-state index in [0.717, 1.165) is 10.6 Å². The van der Waals surface area contributed by atoms with Gasteiger partial charge < -0.3 is 5.32 Å². The summed E-state index contributed by atoms with van der Waals surface area (Å²) in [4.78, 5) is 21.1. The van der Waals surface area contributed by atoms with Crippen LogP contribution in [0.3, 0.4) is 0 Å². The molecule has 0 aliphatic rings. The summed E-state index contributed by atoms with van der Waals surface area (Å²) in [7, 11) is -7.71. The second-order valence-corrected chi connectivity index (χ2v) is 11.5. The number of aryl methyl sites for hydroxylation is 2. The molecule has 0 spiro atoms. The lowest BCUT2D eigenvalue weighted by Gasteiger charge is -2.30. The third-order valence-electron chi connectivity index (χ3n) is 4.98. The van der Waals surface area contributed by atoms with Gasteiger partial charge in [-0.15, -0.1) is 0 Å². The van der Waals surface area contributed by atoms with Crippen LogP contribution in [0.4, 0.5) is 17.3 Å². The molecule has 0 unspecified atom stereocenters. The van der Waals surface area contributed by atoms with Crippen LogP contribution in [-0.2, 0) is 24.8 Å². The van der Waals surface area contributed by atoms with Crippen LogP contribution in [0.15, 0.2) is 65.6 Å². The Morgan fingerprint density at radius 1 is 0.943 bits per heavy atom. The zero-order valence-corrected chi connectivity index (χ0v) is 21.4. The standard InChI is InChI=1S/C23H27N5O5S2/c1-5-21(28(34(4,30)31)19-9-7-6-8-10-19)22(29)26-18-11-13-20(14-12-18)35(32,33)27-23-24-16(2)15-17(3)25-23/h6-15,21H,5H2,1-4H3,(H,26,29)(H,24,25,27)/t21-/m0/s1. The Balaban J connectivity index is 1.79. The van der Waals surface area contributed by atoms with Crippen molar-refractivity contribution in [3.8, 4) is 0 Å². The first-order valence-electron chi connectivity index (χ1n) is 10.7. The number of anilines is 3. The van der Waals surface area contributed by atoms with E-state index >= 15 is 0 Å². The Labute approximate surface area is 205 Å². The monoisotopic (exact) mass is 517 g/mol. The van der Waals surface area contributed by atoms with Crippen LogP contribution in [0, 0.1) is 13.8 Å². The first kappa shape index (κ1) is 26.1. The molecule has 2 aromatic carbocycles. The average Bonchev–Trinajstić information content (AvgIpc) is 2.76. The summed E-state index contributed by atoms with van der Waals surface area (Å²) in [5.74, 6) is -0.577. The summed E-state index contributed by atoms with van der Waals surface area (Å²) >= 11 is 0. The molecule has 12 heteroatoms. The number of sulfonamides is 2. The van der Waals surface area contributed by atoms with Crippen LogP contribution < -0.4 is 14.3 Å². The Kier molecular flexibility index (Phi) is 7.76. The van der Waals surface area contributed by atoms with Crippen molar-refractivity contribution in [2.24, 2.45) is 0 Å². The number of hydrogen-bond donors (Lipinski definition) is 2. The van der Waals surface area contributed by atoms with Gasteiger partial charge in [0.1, 0.15) is 6.04 Å². The summed E-state index contributed by atoms with van der Waals surface area (Å²) < 4.78 is 53.9. The minimum absolute atomic E-state index is 0.0348. The maximum Gasteiger partial charge on any atom is 0.264 e. The summed E-state index contributed by atoms with van der Waals surface area (Å²) in [6.45, 7) is 5.17. The normalized spacial score (nSPS) is 12.6. The second-order valence-electron chi connectivity index (χ2n) is 7.91. The van der Waals surface area contributed by atoms with Crippen molar-refractivity contribution in [2.75, 3.05) is 20.6 Å². The fourth-order valence-corrected chi connectivity index (χ4v) is 5.68. The Morgan fingerprint density at radius 3 is 2.03 bits per heavy atom. The van der Waals surface area contributed by atoms with Crippen molar-refractivity contribution in [2.45, 2.75) is 38.1 Å². The van der Waals surface area contributed by atoms with Gasteiger partial charge in [-0.25, -0.2) is 31.5 Å². The van der Waals surface area contributed by atoms with Gasteiger partial charge in [0.15, 0.2) is 0 Å². The van der Waals surface area contributed by atoms with Crippen molar-refractivity contribution in [1.29, 1.82) is 0 Å². The summed E-state index contributed by atoms with van der Waals surface area (Å²) in [6.07, 6.45) is 1.27. The van der Waals surface area contributed by atoms with E-state index in [2.05, 4.69) is 20.0 Å². The number of carbonyl (C=O) groups excluding carboxylic acids is 1. The number of amides is 1. The highest BCUT2D eigenvalue weighted by Crippen LogP contribution is 2.23. The minimum atomic E-state index is -3.96. The lowest BCUT2D eigenvalue weighted by Crippen LogP contribution is -2.46. The van der Waals surface area contributed by atoms with Crippen LogP contribution in [-0.4, -0.2) is 45.0 Å². The molecule has 1 heterocycles. The first-order valence-corrected chi connectivity index (χ1v) is 14.0. The summed E-state index contributed by atoms with van der Waals surface area (Å²) in [6, 6.07) is 14.6. The van der Waals surface area contributed by atoms with Crippen molar-refractivity contribution < 1.29 is 21.6 Å². The molecule has 0 fully saturated rings. The van der Waals surface area contributed by atoms with Gasteiger partial charge in [-0.2, -0.15) is 0 Å². The summed E-state index contributed by atoms with van der Waals surface area (Å²) in [5.41, 5.74) is 1.93. The molecule has 35 heavy (non-hydrogen) atoms. The van der Waals surface area contributed by atoms with E-state index < -0.39 is 32.0 Å². The highest BCUT2D eigenvalue weighted by atomic mass is 32.2. The average molecular weight is 518 g/mol. The molecule has 0 saturated carbocycles. The van der Waals surface area contributed by atoms with Gasteiger partial charge in [-0.1, -0.05) is 25.1 Å². The van der Waals surface area contributed by atoms with Gasteiger partial charge in [0.25, 0.3) is 10.0 Å². The summed E-state index contributed by atoms with van der Waals surface area (Å²) in [5, 5.41) is 2.67.